The first kappa shape index (κ1) is 28.4. The number of thioether (sulfide) groups is 1. The molecular formula is C29H37N5O5S. The van der Waals surface area contributed by atoms with Gasteiger partial charge in [-0.1, -0.05) is 36.4 Å². The van der Waals surface area contributed by atoms with Gasteiger partial charge in [0.1, 0.15) is 18.2 Å². The molecule has 1 aromatic heterocycles. The third-order valence-electron chi connectivity index (χ3n) is 8.73. The van der Waals surface area contributed by atoms with E-state index in [1.807, 2.05) is 38.1 Å². The van der Waals surface area contributed by atoms with E-state index in [-0.39, 0.29) is 38.2 Å². The van der Waals surface area contributed by atoms with Crippen molar-refractivity contribution in [2.45, 2.75) is 67.8 Å². The molecule has 2 bridgehead atoms. The number of fused-ring (bicyclic) bond motifs is 2. The summed E-state index contributed by atoms with van der Waals surface area (Å²) in [5.74, 6) is -2.30. The van der Waals surface area contributed by atoms with Crippen molar-refractivity contribution in [3.8, 4) is 0 Å². The Bertz CT molecular complexity index is 1330. The van der Waals surface area contributed by atoms with Crippen LogP contribution in [0.15, 0.2) is 49.6 Å². The zero-order chi connectivity index (χ0) is 28.7. The third kappa shape index (κ3) is 4.34. The molecule has 0 saturated carbocycles. The molecule has 2 aromatic rings. The first-order valence-corrected chi connectivity index (χ1v) is 14.7. The van der Waals surface area contributed by atoms with E-state index in [4.69, 9.17) is 4.74 Å². The molecule has 4 heterocycles. The largest absolute Gasteiger partial charge is 0.465 e. The maximum Gasteiger partial charge on any atom is 0.311 e. The van der Waals surface area contributed by atoms with Crippen LogP contribution in [0.5, 0.6) is 0 Å². The molecular weight excluding hydrogens is 530 g/mol. The Morgan fingerprint density at radius 2 is 2.08 bits per heavy atom. The predicted octanol–water partition coefficient (Wildman–Crippen LogP) is 2.77. The third-order valence-corrected chi connectivity index (χ3v) is 10.7. The minimum Gasteiger partial charge on any atom is -0.465 e. The highest BCUT2D eigenvalue weighted by molar-refractivity contribution is 8.02. The van der Waals surface area contributed by atoms with Crippen LogP contribution in [0.4, 0.5) is 0 Å². The van der Waals surface area contributed by atoms with Gasteiger partial charge in [-0.05, 0) is 44.7 Å². The van der Waals surface area contributed by atoms with Gasteiger partial charge in [0.05, 0.1) is 41.4 Å². The van der Waals surface area contributed by atoms with Gasteiger partial charge in [0, 0.05) is 11.3 Å². The van der Waals surface area contributed by atoms with E-state index < -0.39 is 39.4 Å². The number of hydrogen-bond donors (Lipinski definition) is 1. The highest BCUT2D eigenvalue weighted by atomic mass is 32.2. The average Bonchev–Trinajstić information content (AvgIpc) is 3.65. The number of benzene rings is 1. The minimum absolute atomic E-state index is 0.121. The molecule has 6 atom stereocenters. The minimum atomic E-state index is -0.852. The van der Waals surface area contributed by atoms with Crippen LogP contribution in [0.1, 0.15) is 39.5 Å². The van der Waals surface area contributed by atoms with E-state index in [0.29, 0.717) is 31.2 Å². The lowest BCUT2D eigenvalue weighted by atomic mass is 9.66. The normalized spacial score (nSPS) is 29.4. The maximum absolute atomic E-state index is 14.6. The number of carbonyl (C=O) groups excluding carboxylic acids is 3. The fourth-order valence-electron chi connectivity index (χ4n) is 6.87. The van der Waals surface area contributed by atoms with Crippen molar-refractivity contribution >= 4 is 40.6 Å². The number of amides is 2. The first-order chi connectivity index (χ1) is 19.3. The fraction of sp³-hybridized carbons (Fsp3) is 0.552. The second-order valence-corrected chi connectivity index (χ2v) is 12.9. The Kier molecular flexibility index (Phi) is 7.80. The monoisotopic (exact) mass is 567 g/mol. The summed E-state index contributed by atoms with van der Waals surface area (Å²) in [6.45, 7) is 11.7. The van der Waals surface area contributed by atoms with Gasteiger partial charge in [0.25, 0.3) is 0 Å². The molecule has 2 amide bonds. The highest BCUT2D eigenvalue weighted by Gasteiger charge is 2.78. The smallest absolute Gasteiger partial charge is 0.311 e. The van der Waals surface area contributed by atoms with Crippen LogP contribution in [0.2, 0.25) is 0 Å². The highest BCUT2D eigenvalue weighted by Crippen LogP contribution is 2.71. The predicted molar refractivity (Wildman–Crippen MR) is 152 cm³/mol. The molecule has 1 spiro atoms. The average molecular weight is 568 g/mol. The number of aliphatic hydroxyl groups is 1. The van der Waals surface area contributed by atoms with Crippen LogP contribution in [0.3, 0.4) is 0 Å². The summed E-state index contributed by atoms with van der Waals surface area (Å²) in [7, 11) is 0. The van der Waals surface area contributed by atoms with Crippen LogP contribution in [-0.2, 0) is 25.8 Å². The van der Waals surface area contributed by atoms with Crippen LogP contribution in [0.25, 0.3) is 11.0 Å². The zero-order valence-corrected chi connectivity index (χ0v) is 23.9. The second-order valence-electron chi connectivity index (χ2n) is 11.0. The van der Waals surface area contributed by atoms with E-state index in [1.54, 1.807) is 38.4 Å². The number of carbonyl (C=O) groups is 3. The van der Waals surface area contributed by atoms with E-state index in [1.165, 1.54) is 0 Å². The fourth-order valence-corrected chi connectivity index (χ4v) is 9.20. The topological polar surface area (TPSA) is 118 Å². The molecule has 3 aliphatic rings. The van der Waals surface area contributed by atoms with Crippen molar-refractivity contribution in [3.05, 3.63) is 49.6 Å². The number of rotatable bonds is 12. The Labute approximate surface area is 238 Å². The standard InChI is InChI=1S/C29H37N5O5S/c1-5-8-16-39-27(38)23-22-25(36)34(19(7-3)17-35)24(29(22)14-13-28(23,4)40-29)26(37)32(15-6-2)18-33-21-12-10-9-11-20(21)30-31-33/h5-6,9-12,19,22-24,35H,1-2,7-8,13-18H2,3-4H3/t19-,22-,23+,24?,28-,29?/m0/s1. The number of nitrogens with zero attached hydrogens (tertiary/aromatic N) is 5. The number of aliphatic hydroxyl groups excluding tert-OH is 1. The van der Waals surface area contributed by atoms with Gasteiger partial charge >= 0.3 is 5.97 Å². The summed E-state index contributed by atoms with van der Waals surface area (Å²) >= 11 is 1.58. The van der Waals surface area contributed by atoms with Gasteiger partial charge in [0.2, 0.25) is 11.8 Å². The van der Waals surface area contributed by atoms with Gasteiger partial charge in [0.15, 0.2) is 0 Å². The van der Waals surface area contributed by atoms with Gasteiger partial charge in [-0.25, -0.2) is 4.68 Å². The number of hydrogen-bond acceptors (Lipinski definition) is 8. The van der Waals surface area contributed by atoms with Crippen LogP contribution >= 0.6 is 11.8 Å². The van der Waals surface area contributed by atoms with E-state index in [2.05, 4.69) is 23.5 Å². The lowest BCUT2D eigenvalue weighted by Crippen LogP contribution is -2.57. The van der Waals surface area contributed by atoms with Gasteiger partial charge in [-0.2, -0.15) is 0 Å². The number of esters is 1. The van der Waals surface area contributed by atoms with Crippen molar-refractivity contribution in [1.29, 1.82) is 0 Å². The van der Waals surface area contributed by atoms with Crippen molar-refractivity contribution in [2.75, 3.05) is 19.8 Å². The second kappa shape index (κ2) is 11.0. The number of para-hydroxylation sites is 1. The summed E-state index contributed by atoms with van der Waals surface area (Å²) in [4.78, 5) is 45.5. The molecule has 5 rings (SSSR count). The van der Waals surface area contributed by atoms with Crippen molar-refractivity contribution in [2.24, 2.45) is 11.8 Å². The molecule has 0 aliphatic carbocycles. The molecule has 2 unspecified atom stereocenters. The van der Waals surface area contributed by atoms with Crippen molar-refractivity contribution in [1.82, 2.24) is 24.8 Å². The molecule has 214 valence electrons. The SMILES string of the molecule is C=CCCOC(=O)[C@H]1[C@H]2C(=O)N([C@@H](CC)CO)C(C(=O)N(CC=C)Cn3nnc4ccccc43)C23CC[C@]1(C)S3. The Morgan fingerprint density at radius 1 is 1.30 bits per heavy atom. The molecule has 3 saturated heterocycles. The van der Waals surface area contributed by atoms with E-state index >= 15 is 0 Å². The molecule has 3 fully saturated rings. The molecule has 3 aliphatic heterocycles. The quantitative estimate of drug-likeness (QED) is 0.236. The van der Waals surface area contributed by atoms with Crippen molar-refractivity contribution in [3.63, 3.8) is 0 Å². The van der Waals surface area contributed by atoms with Crippen molar-refractivity contribution < 1.29 is 24.2 Å². The molecule has 1 N–H and O–H groups in total. The zero-order valence-electron chi connectivity index (χ0n) is 23.1. The van der Waals surface area contributed by atoms with E-state index in [0.717, 1.165) is 5.52 Å². The first-order valence-electron chi connectivity index (χ1n) is 13.8. The number of likely N-dealkylation sites (tertiary alicyclic amines) is 1. The lowest BCUT2D eigenvalue weighted by molar-refractivity contribution is -0.156. The summed E-state index contributed by atoms with van der Waals surface area (Å²) in [5.41, 5.74) is 1.50. The Balaban J connectivity index is 1.54. The summed E-state index contributed by atoms with van der Waals surface area (Å²) in [5, 5.41) is 18.8. The molecule has 10 nitrogen and oxygen atoms in total. The number of aromatic nitrogens is 3. The Hall–Kier alpha value is -3.18. The van der Waals surface area contributed by atoms with Crippen LogP contribution < -0.4 is 0 Å². The van der Waals surface area contributed by atoms with Gasteiger partial charge < -0.3 is 19.6 Å². The van der Waals surface area contributed by atoms with Gasteiger partial charge in [-0.15, -0.1) is 30.0 Å². The molecule has 0 radical (unpaired) electrons. The number of ether oxygens (including phenoxy) is 1. The lowest BCUT2D eigenvalue weighted by Gasteiger charge is -2.39. The van der Waals surface area contributed by atoms with Crippen LogP contribution in [-0.4, -0.2) is 89.0 Å². The maximum atomic E-state index is 14.6. The molecule has 40 heavy (non-hydrogen) atoms. The molecule has 11 heteroatoms. The summed E-state index contributed by atoms with van der Waals surface area (Å²) < 4.78 is 5.94. The van der Waals surface area contributed by atoms with Gasteiger partial charge in [-0.3, -0.25) is 14.4 Å². The van der Waals surface area contributed by atoms with Crippen LogP contribution in [0, 0.1) is 11.8 Å². The molecule has 1 aromatic carbocycles. The Morgan fingerprint density at radius 3 is 2.77 bits per heavy atom. The van der Waals surface area contributed by atoms with E-state index in [9.17, 15) is 19.5 Å². The summed E-state index contributed by atoms with van der Waals surface area (Å²) in [6.07, 6.45) is 5.63. The summed E-state index contributed by atoms with van der Waals surface area (Å²) in [6, 6.07) is 6.11.